The molecule has 0 aliphatic heterocycles. The molecule has 0 saturated carbocycles. The van der Waals surface area contributed by atoms with Gasteiger partial charge in [0.1, 0.15) is 5.82 Å². The molecular weight excluding hydrogens is 298 g/mol. The molecule has 0 radical (unpaired) electrons. The van der Waals surface area contributed by atoms with Crippen molar-refractivity contribution in [3.05, 3.63) is 78.7 Å². The maximum atomic E-state index is 4.03. The topological polar surface area (TPSA) is 64.5 Å². The molecule has 0 unspecified atom stereocenters. The molecule has 3 heterocycles. The zero-order chi connectivity index (χ0) is 17.5. The van der Waals surface area contributed by atoms with Crippen molar-refractivity contribution in [1.82, 2.24) is 24.9 Å². The lowest BCUT2D eigenvalue weighted by atomic mass is 10.2. The van der Waals surface area contributed by atoms with Crippen LogP contribution in [0.2, 0.25) is 0 Å². The van der Waals surface area contributed by atoms with E-state index in [1.165, 1.54) is 5.56 Å². The Kier molecular flexibility index (Phi) is 10.3. The largest absolute Gasteiger partial charge is 0.265 e. The van der Waals surface area contributed by atoms with Crippen LogP contribution in [-0.2, 0) is 19.3 Å². The third-order valence-corrected chi connectivity index (χ3v) is 3.07. The van der Waals surface area contributed by atoms with Gasteiger partial charge in [-0.3, -0.25) is 15.0 Å². The minimum absolute atomic E-state index is 0.910. The number of nitrogens with zero attached hydrogens (tertiary/aromatic N) is 5. The summed E-state index contributed by atoms with van der Waals surface area (Å²) in [6, 6.07) is 5.87. The highest BCUT2D eigenvalue weighted by molar-refractivity contribution is 5.08. The second-order valence-corrected chi connectivity index (χ2v) is 4.78. The van der Waals surface area contributed by atoms with Crippen molar-refractivity contribution in [2.24, 2.45) is 0 Å². The smallest absolute Gasteiger partial charge is 0.127 e. The Hall–Kier alpha value is -2.69. The van der Waals surface area contributed by atoms with Crippen LogP contribution < -0.4 is 0 Å². The van der Waals surface area contributed by atoms with E-state index in [1.54, 1.807) is 31.0 Å². The van der Waals surface area contributed by atoms with Gasteiger partial charge in [0.2, 0.25) is 0 Å². The molecule has 0 bridgehead atoms. The Morgan fingerprint density at radius 3 is 1.75 bits per heavy atom. The number of rotatable bonds is 3. The van der Waals surface area contributed by atoms with Crippen molar-refractivity contribution in [2.45, 2.75) is 40.0 Å². The molecule has 3 rings (SSSR count). The van der Waals surface area contributed by atoms with Gasteiger partial charge >= 0.3 is 0 Å². The molecule has 3 aromatic rings. The average molecular weight is 323 g/mol. The Morgan fingerprint density at radius 2 is 1.38 bits per heavy atom. The van der Waals surface area contributed by atoms with Gasteiger partial charge in [0.05, 0.1) is 5.69 Å². The summed E-state index contributed by atoms with van der Waals surface area (Å²) in [6.45, 7) is 6.23. The summed E-state index contributed by atoms with van der Waals surface area (Å²) in [5, 5.41) is 0. The van der Waals surface area contributed by atoms with Crippen LogP contribution in [0.3, 0.4) is 0 Å². The van der Waals surface area contributed by atoms with Gasteiger partial charge in [-0.05, 0) is 36.6 Å². The predicted molar refractivity (Wildman–Crippen MR) is 96.4 cm³/mol. The van der Waals surface area contributed by atoms with Crippen LogP contribution in [0.1, 0.15) is 37.9 Å². The van der Waals surface area contributed by atoms with Crippen molar-refractivity contribution in [3.8, 4) is 0 Å². The normalized spacial score (nSPS) is 9.12. The third kappa shape index (κ3) is 8.68. The predicted octanol–water partition coefficient (Wildman–Crippen LogP) is 3.72. The van der Waals surface area contributed by atoms with Gasteiger partial charge in [-0.25, -0.2) is 9.97 Å². The third-order valence-electron chi connectivity index (χ3n) is 3.07. The molecule has 126 valence electrons. The van der Waals surface area contributed by atoms with Crippen molar-refractivity contribution < 1.29 is 0 Å². The van der Waals surface area contributed by atoms with Crippen LogP contribution in [0, 0.1) is 0 Å². The minimum Gasteiger partial charge on any atom is -0.265 e. The van der Waals surface area contributed by atoms with Crippen molar-refractivity contribution in [2.75, 3.05) is 0 Å². The van der Waals surface area contributed by atoms with Crippen LogP contribution in [0.25, 0.3) is 0 Å². The number of hydrogen-bond acceptors (Lipinski definition) is 5. The fourth-order valence-corrected chi connectivity index (χ4v) is 1.64. The Balaban J connectivity index is 0.000000180. The van der Waals surface area contributed by atoms with E-state index < -0.39 is 0 Å². The van der Waals surface area contributed by atoms with Crippen LogP contribution in [0.5, 0.6) is 0 Å². The zero-order valence-electron chi connectivity index (χ0n) is 14.6. The van der Waals surface area contributed by atoms with Gasteiger partial charge in [0, 0.05) is 49.8 Å². The molecule has 3 aromatic heterocycles. The minimum atomic E-state index is 0.910. The van der Waals surface area contributed by atoms with Crippen LogP contribution in [0.15, 0.2) is 61.6 Å². The van der Waals surface area contributed by atoms with E-state index in [1.807, 2.05) is 37.5 Å². The van der Waals surface area contributed by atoms with E-state index in [2.05, 4.69) is 38.8 Å². The highest BCUT2D eigenvalue weighted by Gasteiger charge is 1.84. The molecule has 0 N–H and O–H groups in total. The van der Waals surface area contributed by atoms with Gasteiger partial charge in [-0.2, -0.15) is 0 Å². The average Bonchev–Trinajstić information content (AvgIpc) is 2.71. The first kappa shape index (κ1) is 19.4. The highest BCUT2D eigenvalue weighted by Crippen LogP contribution is 1.94. The lowest BCUT2D eigenvalue weighted by Gasteiger charge is -1.89. The van der Waals surface area contributed by atoms with Crippen LogP contribution in [-0.4, -0.2) is 24.9 Å². The molecule has 0 saturated heterocycles. The monoisotopic (exact) mass is 323 g/mol. The highest BCUT2D eigenvalue weighted by atomic mass is 14.8. The van der Waals surface area contributed by atoms with Gasteiger partial charge < -0.3 is 0 Å². The first-order valence-electron chi connectivity index (χ1n) is 8.19. The maximum absolute atomic E-state index is 4.03. The standard InChI is InChI=1S/C7H9N.2C6H8N2/c1-2-7-3-5-8-6-4-7;1-2-6-5-7-3-4-8-6;1-2-6-7-4-3-5-8-6/h3-6H,2H2,1H3;2*3-5H,2H2,1H3. The maximum Gasteiger partial charge on any atom is 0.127 e. The number of hydrogen-bond donors (Lipinski definition) is 0. The molecule has 0 atom stereocenters. The Bertz CT molecular complexity index is 536. The van der Waals surface area contributed by atoms with E-state index in [0.717, 1.165) is 30.8 Å². The molecular formula is C19H25N5. The van der Waals surface area contributed by atoms with Crippen LogP contribution >= 0.6 is 0 Å². The molecule has 0 amide bonds. The SMILES string of the molecule is CCc1ccncc1.CCc1cnccn1.CCc1ncccn1. The van der Waals surface area contributed by atoms with Crippen LogP contribution in [0.4, 0.5) is 0 Å². The number of aryl methyl sites for hydroxylation is 3. The van der Waals surface area contributed by atoms with E-state index in [-0.39, 0.29) is 0 Å². The van der Waals surface area contributed by atoms with Gasteiger partial charge in [-0.15, -0.1) is 0 Å². The van der Waals surface area contributed by atoms with Gasteiger partial charge in [0.25, 0.3) is 0 Å². The Morgan fingerprint density at radius 1 is 0.667 bits per heavy atom. The van der Waals surface area contributed by atoms with E-state index in [4.69, 9.17) is 0 Å². The molecule has 0 aliphatic carbocycles. The molecule has 0 spiro atoms. The van der Waals surface area contributed by atoms with Crippen molar-refractivity contribution >= 4 is 0 Å². The summed E-state index contributed by atoms with van der Waals surface area (Å²) in [5.41, 5.74) is 2.40. The van der Waals surface area contributed by atoms with E-state index in [9.17, 15) is 0 Å². The molecule has 0 fully saturated rings. The second kappa shape index (κ2) is 12.8. The van der Waals surface area contributed by atoms with Crippen molar-refractivity contribution in [3.63, 3.8) is 0 Å². The second-order valence-electron chi connectivity index (χ2n) is 4.78. The molecule has 5 heteroatoms. The molecule has 0 aliphatic rings. The molecule has 0 aromatic carbocycles. The first-order valence-corrected chi connectivity index (χ1v) is 8.19. The van der Waals surface area contributed by atoms with Gasteiger partial charge in [-0.1, -0.05) is 20.8 Å². The van der Waals surface area contributed by atoms with E-state index >= 15 is 0 Å². The summed E-state index contributed by atoms with van der Waals surface area (Å²) in [6.07, 6.45) is 15.3. The summed E-state index contributed by atoms with van der Waals surface area (Å²) in [7, 11) is 0. The number of aromatic nitrogens is 5. The molecule has 24 heavy (non-hydrogen) atoms. The van der Waals surface area contributed by atoms with E-state index in [0.29, 0.717) is 0 Å². The fraction of sp³-hybridized carbons (Fsp3) is 0.316. The zero-order valence-corrected chi connectivity index (χ0v) is 14.6. The summed E-state index contributed by atoms with van der Waals surface area (Å²) in [4.78, 5) is 19.8. The number of pyridine rings is 1. The summed E-state index contributed by atoms with van der Waals surface area (Å²) in [5.74, 6) is 0.910. The van der Waals surface area contributed by atoms with Gasteiger partial charge in [0.15, 0.2) is 0 Å². The summed E-state index contributed by atoms with van der Waals surface area (Å²) < 4.78 is 0. The molecule has 5 nitrogen and oxygen atoms in total. The van der Waals surface area contributed by atoms with Crippen molar-refractivity contribution in [1.29, 1.82) is 0 Å². The fourth-order valence-electron chi connectivity index (χ4n) is 1.64. The first-order chi connectivity index (χ1) is 11.8. The lowest BCUT2D eigenvalue weighted by molar-refractivity contribution is 0.939. The lowest BCUT2D eigenvalue weighted by Crippen LogP contribution is -1.87. The quantitative estimate of drug-likeness (QED) is 0.735. The summed E-state index contributed by atoms with van der Waals surface area (Å²) >= 11 is 0. The Labute approximate surface area is 144 Å².